The molecule has 2 aromatic carbocycles. The van der Waals surface area contributed by atoms with Gasteiger partial charge >= 0.3 is 0 Å². The Labute approximate surface area is 123 Å². The number of nitriles is 1. The molecule has 0 aliphatic heterocycles. The van der Waals surface area contributed by atoms with Crippen molar-refractivity contribution >= 4 is 11.4 Å². The second-order valence-electron chi connectivity index (χ2n) is 4.21. The Balaban J connectivity index is 2.40. The highest BCUT2D eigenvalue weighted by Gasteiger charge is 2.09. The number of ether oxygens (including phenoxy) is 3. The molecule has 21 heavy (non-hydrogen) atoms. The number of hydrogen-bond donors (Lipinski definition) is 1. The molecule has 0 radical (unpaired) electrons. The largest absolute Gasteiger partial charge is 0.497 e. The van der Waals surface area contributed by atoms with Gasteiger partial charge in [-0.05, 0) is 24.3 Å². The minimum atomic E-state index is 0.522. The number of benzene rings is 2. The molecule has 0 aromatic heterocycles. The van der Waals surface area contributed by atoms with E-state index in [2.05, 4.69) is 11.4 Å². The lowest BCUT2D eigenvalue weighted by molar-refractivity contribution is 0.395. The zero-order valence-electron chi connectivity index (χ0n) is 12.1. The van der Waals surface area contributed by atoms with Crippen LogP contribution in [0, 0.1) is 11.3 Å². The Morgan fingerprint density at radius 2 is 1.52 bits per heavy atom. The average Bonchev–Trinajstić information content (AvgIpc) is 2.55. The summed E-state index contributed by atoms with van der Waals surface area (Å²) in [5, 5.41) is 12.4. The summed E-state index contributed by atoms with van der Waals surface area (Å²) in [5.41, 5.74) is 1.91. The van der Waals surface area contributed by atoms with Crippen LogP contribution < -0.4 is 19.5 Å². The van der Waals surface area contributed by atoms with E-state index >= 15 is 0 Å². The number of nitrogens with one attached hydrogen (secondary N) is 1. The van der Waals surface area contributed by atoms with Crippen LogP contribution in [0.15, 0.2) is 36.4 Å². The maximum Gasteiger partial charge on any atom is 0.145 e. The van der Waals surface area contributed by atoms with Gasteiger partial charge in [0.25, 0.3) is 0 Å². The van der Waals surface area contributed by atoms with E-state index in [9.17, 15) is 5.26 Å². The molecule has 5 nitrogen and oxygen atoms in total. The van der Waals surface area contributed by atoms with Gasteiger partial charge in [0.2, 0.25) is 0 Å². The Hall–Kier alpha value is -2.87. The maximum absolute atomic E-state index is 9.19. The van der Waals surface area contributed by atoms with E-state index in [4.69, 9.17) is 14.2 Å². The number of methoxy groups -OCH3 is 3. The highest BCUT2D eigenvalue weighted by molar-refractivity contribution is 5.72. The lowest BCUT2D eigenvalue weighted by Gasteiger charge is -2.14. The molecular formula is C16H16N2O3. The summed E-state index contributed by atoms with van der Waals surface area (Å²) in [5.74, 6) is 1.99. The molecular weight excluding hydrogens is 268 g/mol. The van der Waals surface area contributed by atoms with E-state index in [0.29, 0.717) is 28.5 Å². The Kier molecular flexibility index (Phi) is 4.52. The molecule has 0 bridgehead atoms. The molecule has 108 valence electrons. The molecule has 0 unspecified atom stereocenters. The van der Waals surface area contributed by atoms with Gasteiger partial charge in [0.15, 0.2) is 0 Å². The van der Waals surface area contributed by atoms with Crippen LogP contribution in [0.4, 0.5) is 11.4 Å². The predicted octanol–water partition coefficient (Wildman–Crippen LogP) is 3.33. The van der Waals surface area contributed by atoms with Crippen LogP contribution in [0.2, 0.25) is 0 Å². The van der Waals surface area contributed by atoms with E-state index in [1.807, 2.05) is 12.1 Å². The fourth-order valence-electron chi connectivity index (χ4n) is 1.90. The third-order valence-corrected chi connectivity index (χ3v) is 3.03. The second-order valence-corrected chi connectivity index (χ2v) is 4.21. The van der Waals surface area contributed by atoms with Gasteiger partial charge in [-0.25, -0.2) is 0 Å². The van der Waals surface area contributed by atoms with E-state index in [0.717, 1.165) is 5.69 Å². The summed E-state index contributed by atoms with van der Waals surface area (Å²) in [6.07, 6.45) is 0. The average molecular weight is 284 g/mol. The summed E-state index contributed by atoms with van der Waals surface area (Å²) in [7, 11) is 4.76. The van der Waals surface area contributed by atoms with Crippen LogP contribution in [0.1, 0.15) is 5.56 Å². The summed E-state index contributed by atoms with van der Waals surface area (Å²) >= 11 is 0. The zero-order chi connectivity index (χ0) is 15.2. The van der Waals surface area contributed by atoms with E-state index < -0.39 is 0 Å². The number of rotatable bonds is 5. The Morgan fingerprint density at radius 1 is 0.857 bits per heavy atom. The summed E-state index contributed by atoms with van der Waals surface area (Å²) < 4.78 is 15.7. The fourth-order valence-corrected chi connectivity index (χ4v) is 1.90. The second kappa shape index (κ2) is 6.53. The van der Waals surface area contributed by atoms with Crippen LogP contribution in [-0.2, 0) is 0 Å². The first-order chi connectivity index (χ1) is 10.2. The normalized spacial score (nSPS) is 9.62. The third kappa shape index (κ3) is 3.18. The minimum Gasteiger partial charge on any atom is -0.497 e. The van der Waals surface area contributed by atoms with Gasteiger partial charge in [-0.15, -0.1) is 0 Å². The molecule has 0 fully saturated rings. The Morgan fingerprint density at radius 3 is 2.14 bits per heavy atom. The van der Waals surface area contributed by atoms with Crippen molar-refractivity contribution in [2.45, 2.75) is 0 Å². The number of hydrogen-bond acceptors (Lipinski definition) is 5. The lowest BCUT2D eigenvalue weighted by atomic mass is 10.1. The van der Waals surface area contributed by atoms with Crippen molar-refractivity contribution in [3.05, 3.63) is 42.0 Å². The number of nitrogens with zero attached hydrogens (tertiary/aromatic N) is 1. The zero-order valence-corrected chi connectivity index (χ0v) is 12.1. The molecule has 0 aliphatic carbocycles. The van der Waals surface area contributed by atoms with Crippen molar-refractivity contribution in [3.63, 3.8) is 0 Å². The van der Waals surface area contributed by atoms with E-state index in [1.165, 1.54) is 0 Å². The fraction of sp³-hybridized carbons (Fsp3) is 0.188. The third-order valence-electron chi connectivity index (χ3n) is 3.03. The van der Waals surface area contributed by atoms with Gasteiger partial charge in [0.05, 0.1) is 38.3 Å². The van der Waals surface area contributed by atoms with Crippen LogP contribution in [0.3, 0.4) is 0 Å². The van der Waals surface area contributed by atoms with Gasteiger partial charge in [-0.3, -0.25) is 0 Å². The van der Waals surface area contributed by atoms with Crippen molar-refractivity contribution in [1.29, 1.82) is 5.26 Å². The van der Waals surface area contributed by atoms with Gasteiger partial charge in [0, 0.05) is 12.1 Å². The Bertz CT molecular complexity index is 678. The lowest BCUT2D eigenvalue weighted by Crippen LogP contribution is -1.98. The van der Waals surface area contributed by atoms with Gasteiger partial charge in [-0.1, -0.05) is 0 Å². The quantitative estimate of drug-likeness (QED) is 0.912. The number of anilines is 2. The van der Waals surface area contributed by atoms with Gasteiger partial charge < -0.3 is 19.5 Å². The molecule has 0 saturated carbocycles. The molecule has 5 heteroatoms. The van der Waals surface area contributed by atoms with Gasteiger partial charge in [0.1, 0.15) is 23.3 Å². The van der Waals surface area contributed by atoms with Gasteiger partial charge in [-0.2, -0.15) is 5.26 Å². The molecule has 0 aliphatic rings. The smallest absolute Gasteiger partial charge is 0.145 e. The van der Waals surface area contributed by atoms with Crippen molar-refractivity contribution < 1.29 is 14.2 Å². The summed E-state index contributed by atoms with van der Waals surface area (Å²) in [6, 6.07) is 12.8. The van der Waals surface area contributed by atoms with Crippen molar-refractivity contribution in [1.82, 2.24) is 0 Å². The standard InChI is InChI=1S/C16H16N2O3/c1-19-12-5-4-11(10-17)15(8-12)18-14-7-6-13(20-2)9-16(14)21-3/h4-9,18H,1-3H3. The predicted molar refractivity (Wildman–Crippen MR) is 80.5 cm³/mol. The summed E-state index contributed by atoms with van der Waals surface area (Å²) in [6.45, 7) is 0. The van der Waals surface area contributed by atoms with Crippen LogP contribution >= 0.6 is 0 Å². The molecule has 0 saturated heterocycles. The minimum absolute atomic E-state index is 0.522. The van der Waals surface area contributed by atoms with Crippen molar-refractivity contribution in [2.24, 2.45) is 0 Å². The van der Waals surface area contributed by atoms with E-state index in [1.54, 1.807) is 45.6 Å². The van der Waals surface area contributed by atoms with Crippen LogP contribution in [0.25, 0.3) is 0 Å². The van der Waals surface area contributed by atoms with Crippen molar-refractivity contribution in [3.8, 4) is 23.3 Å². The highest BCUT2D eigenvalue weighted by atomic mass is 16.5. The molecule has 2 rings (SSSR count). The first-order valence-corrected chi connectivity index (χ1v) is 6.29. The SMILES string of the molecule is COc1ccc(C#N)c(Nc2ccc(OC)cc2OC)c1. The molecule has 0 amide bonds. The summed E-state index contributed by atoms with van der Waals surface area (Å²) in [4.78, 5) is 0. The molecule has 0 spiro atoms. The molecule has 0 atom stereocenters. The highest BCUT2D eigenvalue weighted by Crippen LogP contribution is 2.33. The molecule has 0 heterocycles. The monoisotopic (exact) mass is 284 g/mol. The van der Waals surface area contributed by atoms with E-state index in [-0.39, 0.29) is 0 Å². The first-order valence-electron chi connectivity index (χ1n) is 6.29. The molecule has 2 aromatic rings. The van der Waals surface area contributed by atoms with Crippen LogP contribution in [0.5, 0.6) is 17.2 Å². The first kappa shape index (κ1) is 14.5. The topological polar surface area (TPSA) is 63.5 Å². The maximum atomic E-state index is 9.19. The van der Waals surface area contributed by atoms with Crippen LogP contribution in [-0.4, -0.2) is 21.3 Å². The van der Waals surface area contributed by atoms with Crippen molar-refractivity contribution in [2.75, 3.05) is 26.6 Å². The molecule has 1 N–H and O–H groups in total.